The highest BCUT2D eigenvalue weighted by Crippen LogP contribution is 2.27. The number of rotatable bonds is 9. The topological polar surface area (TPSA) is 66.5 Å². The lowest BCUT2D eigenvalue weighted by Gasteiger charge is -2.44. The molecule has 0 spiro atoms. The van der Waals surface area contributed by atoms with Gasteiger partial charge in [0, 0.05) is 12.5 Å². The summed E-state index contributed by atoms with van der Waals surface area (Å²) in [6.45, 7) is 10.6. The number of piperidine rings is 1. The van der Waals surface area contributed by atoms with Crippen LogP contribution < -0.4 is 5.23 Å². The summed E-state index contributed by atoms with van der Waals surface area (Å²) in [5.41, 5.74) is -1.38. The van der Waals surface area contributed by atoms with Gasteiger partial charge in [-0.1, -0.05) is 13.8 Å². The number of hydrogen-bond acceptors (Lipinski definition) is 5. The van der Waals surface area contributed by atoms with Crippen LogP contribution in [0.15, 0.2) is 0 Å². The summed E-state index contributed by atoms with van der Waals surface area (Å²) in [6, 6.07) is 0. The number of carbonyl (C=O) groups excluding carboxylic acids is 3. The van der Waals surface area contributed by atoms with E-state index in [1.54, 1.807) is 0 Å². The molecule has 0 aliphatic carbocycles. The van der Waals surface area contributed by atoms with Crippen LogP contribution in [0.1, 0.15) is 60.3 Å². The van der Waals surface area contributed by atoms with Gasteiger partial charge in [-0.05, 0) is 53.0 Å². The van der Waals surface area contributed by atoms with Crippen molar-refractivity contribution in [1.82, 2.24) is 10.1 Å². The van der Waals surface area contributed by atoms with Crippen LogP contribution in [-0.2, 0) is 14.4 Å². The molecular weight excluding hydrogens is 291 g/mol. The van der Waals surface area contributed by atoms with Gasteiger partial charge in [0.1, 0.15) is 17.8 Å². The molecule has 5 nitrogen and oxygen atoms in total. The molecule has 0 aromatic heterocycles. The summed E-state index contributed by atoms with van der Waals surface area (Å²) in [4.78, 5) is 37.8. The molecule has 0 amide bonds. The van der Waals surface area contributed by atoms with Crippen LogP contribution in [0.3, 0.4) is 0 Å². The minimum Gasteiger partial charge on any atom is -0.342 e. The van der Waals surface area contributed by atoms with E-state index < -0.39 is 11.1 Å². The van der Waals surface area contributed by atoms with Crippen molar-refractivity contribution in [2.75, 3.05) is 13.1 Å². The van der Waals surface area contributed by atoms with Gasteiger partial charge in [-0.25, -0.2) is 0 Å². The Kier molecular flexibility index (Phi) is 7.14. The molecule has 1 N–H and O–H groups in total. The first kappa shape index (κ1) is 20.0. The van der Waals surface area contributed by atoms with Crippen LogP contribution in [0.4, 0.5) is 0 Å². The minimum atomic E-state index is -0.711. The van der Waals surface area contributed by atoms with Gasteiger partial charge < -0.3 is 14.8 Å². The summed E-state index contributed by atoms with van der Waals surface area (Å²) in [5.74, 6) is 0.0229. The van der Waals surface area contributed by atoms with E-state index in [1.165, 1.54) is 14.3 Å². The Hall–Kier alpha value is -1.01. The van der Waals surface area contributed by atoms with Gasteiger partial charge in [0.15, 0.2) is 0 Å². The Balaban J connectivity index is 2.80. The van der Waals surface area contributed by atoms with E-state index in [4.69, 9.17) is 0 Å². The molecule has 129 valence electrons. The molecule has 0 aromatic rings. The lowest BCUT2D eigenvalue weighted by molar-refractivity contribution is -0.126. The maximum absolute atomic E-state index is 12.8. The van der Waals surface area contributed by atoms with Crippen molar-refractivity contribution in [1.29, 1.82) is 0 Å². The van der Waals surface area contributed by atoms with Crippen molar-refractivity contribution in [2.24, 2.45) is 5.92 Å². The van der Waals surface area contributed by atoms with Crippen molar-refractivity contribution in [3.05, 3.63) is 0 Å². The van der Waals surface area contributed by atoms with Gasteiger partial charge in [0.2, 0.25) is 0 Å². The first-order valence-electron chi connectivity index (χ1n) is 8.60. The predicted molar refractivity (Wildman–Crippen MR) is 92.3 cm³/mol. The molecule has 0 aromatic carbocycles. The van der Waals surface area contributed by atoms with Gasteiger partial charge >= 0.3 is 0 Å². The molecular formula is C17H30BN2O3. The Morgan fingerprint density at radius 3 is 2.43 bits per heavy atom. The van der Waals surface area contributed by atoms with Gasteiger partial charge in [0.05, 0.1) is 11.1 Å². The number of carbonyl (C=O) groups is 3. The second-order valence-corrected chi connectivity index (χ2v) is 7.01. The quantitative estimate of drug-likeness (QED) is 0.516. The first-order valence-corrected chi connectivity index (χ1v) is 8.60. The fourth-order valence-corrected chi connectivity index (χ4v) is 2.96. The maximum atomic E-state index is 12.8. The monoisotopic (exact) mass is 321 g/mol. The second kappa shape index (κ2) is 8.20. The molecule has 1 aliphatic heterocycles. The van der Waals surface area contributed by atoms with E-state index in [1.807, 2.05) is 27.7 Å². The molecule has 1 saturated heterocycles. The second-order valence-electron chi connectivity index (χ2n) is 7.01. The average Bonchev–Trinajstić information content (AvgIpc) is 2.58. The Morgan fingerprint density at radius 1 is 1.30 bits per heavy atom. The number of likely N-dealkylation sites (tertiary alicyclic amines) is 1. The Morgan fingerprint density at radius 2 is 1.96 bits per heavy atom. The number of nitrogens with one attached hydrogen (secondary N) is 1. The summed E-state index contributed by atoms with van der Waals surface area (Å²) in [5, 5.41) is 3.03. The number of Topliss-reactive ketones (excluding diaryl/α,β-unsaturated/α-hetero) is 1. The largest absolute Gasteiger partial charge is 0.342 e. The number of hydrogen-bond donors (Lipinski definition) is 1. The molecule has 1 rings (SSSR count). The van der Waals surface area contributed by atoms with Gasteiger partial charge in [-0.2, -0.15) is 0 Å². The summed E-state index contributed by atoms with van der Waals surface area (Å²) in [7, 11) is 1.46. The molecule has 3 atom stereocenters. The SMILES string of the molecule is CCC(C)(N[B]C(=O)C(C)(CC)N1CCCC(C=O)C1)C(C)=O. The molecule has 1 heterocycles. The normalized spacial score (nSPS) is 24.3. The van der Waals surface area contributed by atoms with E-state index >= 15 is 0 Å². The highest BCUT2D eigenvalue weighted by Gasteiger charge is 2.40. The fraction of sp³-hybridized carbons (Fsp3) is 0.824. The molecule has 1 radical (unpaired) electrons. The van der Waals surface area contributed by atoms with Crippen molar-refractivity contribution in [2.45, 2.75) is 71.4 Å². The standard InChI is InChI=1S/C17H30BN2O3/c1-6-16(4,13(3)22)19-18-15(23)17(5,7-2)20-10-8-9-14(11-20)12-21/h12,14,19H,6-11H2,1-5H3. The first-order chi connectivity index (χ1) is 10.7. The van der Waals surface area contributed by atoms with E-state index in [9.17, 15) is 14.4 Å². The van der Waals surface area contributed by atoms with Crippen LogP contribution in [0, 0.1) is 5.92 Å². The molecule has 3 unspecified atom stereocenters. The van der Waals surface area contributed by atoms with Gasteiger partial charge in [0.25, 0.3) is 7.41 Å². The van der Waals surface area contributed by atoms with E-state index in [0.717, 1.165) is 25.7 Å². The molecule has 23 heavy (non-hydrogen) atoms. The van der Waals surface area contributed by atoms with E-state index in [-0.39, 0.29) is 17.4 Å². The van der Waals surface area contributed by atoms with E-state index in [0.29, 0.717) is 19.4 Å². The molecule has 0 saturated carbocycles. The third-order valence-corrected chi connectivity index (χ3v) is 5.57. The number of nitrogens with zero attached hydrogens (tertiary/aromatic N) is 1. The van der Waals surface area contributed by atoms with Gasteiger partial charge in [-0.15, -0.1) is 0 Å². The van der Waals surface area contributed by atoms with Crippen LogP contribution in [-0.4, -0.2) is 54.2 Å². The van der Waals surface area contributed by atoms with E-state index in [2.05, 4.69) is 10.1 Å². The zero-order valence-corrected chi connectivity index (χ0v) is 15.1. The fourth-order valence-electron chi connectivity index (χ4n) is 2.96. The lowest BCUT2D eigenvalue weighted by atomic mass is 9.69. The van der Waals surface area contributed by atoms with Crippen molar-refractivity contribution >= 4 is 25.2 Å². The molecule has 0 bridgehead atoms. The zero-order chi connectivity index (χ0) is 17.7. The van der Waals surface area contributed by atoms with Crippen LogP contribution >= 0.6 is 0 Å². The van der Waals surface area contributed by atoms with Crippen LogP contribution in [0.25, 0.3) is 0 Å². The predicted octanol–water partition coefficient (Wildman–Crippen LogP) is 1.56. The lowest BCUT2D eigenvalue weighted by Crippen LogP contribution is -2.61. The highest BCUT2D eigenvalue weighted by molar-refractivity contribution is 6.74. The number of ketones is 1. The summed E-state index contributed by atoms with van der Waals surface area (Å²) >= 11 is 0. The summed E-state index contributed by atoms with van der Waals surface area (Å²) < 4.78 is 0. The van der Waals surface area contributed by atoms with Crippen LogP contribution in [0.5, 0.6) is 0 Å². The minimum absolute atomic E-state index is 0.00788. The van der Waals surface area contributed by atoms with Gasteiger partial charge in [-0.3, -0.25) is 9.69 Å². The Bertz CT molecular complexity index is 457. The molecule has 6 heteroatoms. The Labute approximate surface area is 140 Å². The van der Waals surface area contributed by atoms with Crippen molar-refractivity contribution in [3.8, 4) is 0 Å². The zero-order valence-electron chi connectivity index (χ0n) is 15.1. The smallest absolute Gasteiger partial charge is 0.298 e. The molecule has 1 fully saturated rings. The summed E-state index contributed by atoms with van der Waals surface area (Å²) in [6.07, 6.45) is 4.11. The number of aldehydes is 1. The average molecular weight is 321 g/mol. The van der Waals surface area contributed by atoms with Crippen molar-refractivity contribution in [3.63, 3.8) is 0 Å². The maximum Gasteiger partial charge on any atom is 0.298 e. The highest BCUT2D eigenvalue weighted by atomic mass is 16.1. The third-order valence-electron chi connectivity index (χ3n) is 5.57. The third kappa shape index (κ3) is 4.51. The van der Waals surface area contributed by atoms with Crippen molar-refractivity contribution < 1.29 is 14.4 Å². The van der Waals surface area contributed by atoms with Crippen LogP contribution in [0.2, 0.25) is 0 Å². The molecule has 1 aliphatic rings.